The minimum Gasteiger partial charge on any atom is -0.379 e. The molecule has 0 aliphatic rings. The number of anilines is 1. The van der Waals surface area contributed by atoms with Crippen molar-refractivity contribution in [2.45, 2.75) is 32.2 Å². The topological polar surface area (TPSA) is 56.1 Å². The number of hydrogen-bond donors (Lipinski definition) is 1. The van der Waals surface area contributed by atoms with Crippen molar-refractivity contribution in [3.8, 4) is 0 Å². The summed E-state index contributed by atoms with van der Waals surface area (Å²) >= 11 is 5.76. The summed E-state index contributed by atoms with van der Waals surface area (Å²) in [5, 5.41) is 5.93. The molecular weight excluding hydrogens is 299 g/mol. The van der Waals surface area contributed by atoms with Gasteiger partial charge in [0.05, 0.1) is 17.5 Å². The number of nitrogens with one attached hydrogen (secondary N) is 1. The fraction of sp³-hybridized carbons (Fsp3) is 0.636. The third-order valence-corrected chi connectivity index (χ3v) is 2.94. The van der Waals surface area contributed by atoms with Crippen LogP contribution < -0.4 is 10.9 Å². The van der Waals surface area contributed by atoms with Crippen molar-refractivity contribution in [1.29, 1.82) is 0 Å². The molecule has 0 aliphatic carbocycles. The van der Waals surface area contributed by atoms with E-state index in [1.165, 1.54) is 7.11 Å². The molecule has 1 N–H and O–H groups in total. The highest BCUT2D eigenvalue weighted by Gasteiger charge is 2.29. The zero-order valence-electron chi connectivity index (χ0n) is 11.2. The summed E-state index contributed by atoms with van der Waals surface area (Å²) in [7, 11) is 1.52. The first kappa shape index (κ1) is 16.8. The summed E-state index contributed by atoms with van der Waals surface area (Å²) < 4.78 is 42.1. The second kappa shape index (κ2) is 6.01. The van der Waals surface area contributed by atoms with E-state index in [-0.39, 0.29) is 15.4 Å². The lowest BCUT2D eigenvalue weighted by Gasteiger charge is -2.24. The molecule has 0 atom stereocenters. The van der Waals surface area contributed by atoms with E-state index in [1.807, 2.05) is 0 Å². The molecular formula is C11H15ClF3N3O2. The largest absolute Gasteiger partial charge is 0.408 e. The highest BCUT2D eigenvalue weighted by atomic mass is 35.5. The molecule has 9 heteroatoms. The van der Waals surface area contributed by atoms with Crippen molar-refractivity contribution >= 4 is 17.3 Å². The summed E-state index contributed by atoms with van der Waals surface area (Å²) in [6, 6.07) is 0. The number of aromatic nitrogens is 2. The average Bonchev–Trinajstić information content (AvgIpc) is 2.33. The Balaban J connectivity index is 2.93. The van der Waals surface area contributed by atoms with Crippen LogP contribution in [0.15, 0.2) is 11.0 Å². The lowest BCUT2D eigenvalue weighted by atomic mass is 10.1. The first-order valence-electron chi connectivity index (χ1n) is 5.67. The molecule has 1 rings (SSSR count). The molecule has 1 aromatic heterocycles. The molecule has 0 amide bonds. The van der Waals surface area contributed by atoms with Crippen LogP contribution in [-0.2, 0) is 11.3 Å². The maximum atomic E-state index is 12.2. The van der Waals surface area contributed by atoms with Crippen LogP contribution in [0.2, 0.25) is 5.02 Å². The van der Waals surface area contributed by atoms with Gasteiger partial charge in [0.15, 0.2) is 0 Å². The molecule has 20 heavy (non-hydrogen) atoms. The zero-order chi connectivity index (χ0) is 15.6. The minimum absolute atomic E-state index is 0.167. The maximum absolute atomic E-state index is 12.2. The van der Waals surface area contributed by atoms with Crippen LogP contribution >= 0.6 is 11.6 Å². The SMILES string of the molecule is COC(C)(C)CNc1cnn(CC(F)(F)F)c(=O)c1Cl. The number of hydrogen-bond acceptors (Lipinski definition) is 4. The van der Waals surface area contributed by atoms with Gasteiger partial charge in [-0.05, 0) is 13.8 Å². The number of halogens is 4. The van der Waals surface area contributed by atoms with Crippen molar-refractivity contribution in [1.82, 2.24) is 9.78 Å². The molecule has 114 valence electrons. The van der Waals surface area contributed by atoms with E-state index >= 15 is 0 Å². The molecule has 1 heterocycles. The second-order valence-electron chi connectivity index (χ2n) is 4.77. The Kier molecular flexibility index (Phi) is 5.04. The molecule has 0 bridgehead atoms. The van der Waals surface area contributed by atoms with E-state index in [2.05, 4.69) is 10.4 Å². The van der Waals surface area contributed by atoms with Gasteiger partial charge < -0.3 is 10.1 Å². The summed E-state index contributed by atoms with van der Waals surface area (Å²) in [4.78, 5) is 11.7. The van der Waals surface area contributed by atoms with E-state index in [1.54, 1.807) is 13.8 Å². The lowest BCUT2D eigenvalue weighted by molar-refractivity contribution is -0.143. The Morgan fingerprint density at radius 3 is 2.55 bits per heavy atom. The predicted octanol–water partition coefficient (Wildman–Crippen LogP) is 2.30. The average molecular weight is 314 g/mol. The summed E-state index contributed by atoms with van der Waals surface area (Å²) in [6.07, 6.45) is -3.45. The van der Waals surface area contributed by atoms with E-state index < -0.39 is 23.9 Å². The normalized spacial score (nSPS) is 12.6. The number of alkyl halides is 3. The third kappa shape index (κ3) is 4.68. The van der Waals surface area contributed by atoms with Crippen LogP contribution in [0.3, 0.4) is 0 Å². The Bertz CT molecular complexity index is 529. The van der Waals surface area contributed by atoms with Crippen LogP contribution in [0.1, 0.15) is 13.8 Å². The van der Waals surface area contributed by atoms with Crippen LogP contribution in [-0.4, -0.2) is 35.2 Å². The van der Waals surface area contributed by atoms with E-state index in [0.29, 0.717) is 6.54 Å². The maximum Gasteiger partial charge on any atom is 0.408 e. The Morgan fingerprint density at radius 1 is 1.45 bits per heavy atom. The van der Waals surface area contributed by atoms with Crippen LogP contribution in [0.4, 0.5) is 18.9 Å². The molecule has 0 radical (unpaired) electrons. The first-order chi connectivity index (χ1) is 9.06. The van der Waals surface area contributed by atoms with Gasteiger partial charge in [-0.2, -0.15) is 18.3 Å². The number of nitrogens with zero attached hydrogens (tertiary/aromatic N) is 2. The molecule has 0 saturated heterocycles. The molecule has 0 spiro atoms. The van der Waals surface area contributed by atoms with Gasteiger partial charge in [-0.25, -0.2) is 4.68 Å². The smallest absolute Gasteiger partial charge is 0.379 e. The van der Waals surface area contributed by atoms with Gasteiger partial charge in [-0.3, -0.25) is 4.79 Å². The fourth-order valence-corrected chi connectivity index (χ4v) is 1.46. The molecule has 0 aliphatic heterocycles. The van der Waals surface area contributed by atoms with E-state index in [4.69, 9.17) is 16.3 Å². The van der Waals surface area contributed by atoms with Gasteiger partial charge in [-0.1, -0.05) is 11.6 Å². The molecule has 0 saturated carbocycles. The van der Waals surface area contributed by atoms with Gasteiger partial charge in [0.2, 0.25) is 0 Å². The van der Waals surface area contributed by atoms with Crippen molar-refractivity contribution in [3.05, 3.63) is 21.6 Å². The van der Waals surface area contributed by atoms with Crippen molar-refractivity contribution in [2.24, 2.45) is 0 Å². The molecule has 1 aromatic rings. The quantitative estimate of drug-likeness (QED) is 0.906. The predicted molar refractivity (Wildman–Crippen MR) is 69.1 cm³/mol. The summed E-state index contributed by atoms with van der Waals surface area (Å²) in [5.41, 5.74) is -1.35. The van der Waals surface area contributed by atoms with Crippen molar-refractivity contribution < 1.29 is 17.9 Å². The lowest BCUT2D eigenvalue weighted by Crippen LogP contribution is -2.34. The molecule has 0 fully saturated rings. The number of ether oxygens (including phenoxy) is 1. The van der Waals surface area contributed by atoms with Gasteiger partial charge in [0, 0.05) is 13.7 Å². The summed E-state index contributed by atoms with van der Waals surface area (Å²) in [6.45, 7) is 2.43. The molecule has 0 aromatic carbocycles. The van der Waals surface area contributed by atoms with Crippen LogP contribution in [0.25, 0.3) is 0 Å². The van der Waals surface area contributed by atoms with Crippen molar-refractivity contribution in [3.63, 3.8) is 0 Å². The van der Waals surface area contributed by atoms with Crippen molar-refractivity contribution in [2.75, 3.05) is 19.0 Å². The Labute approximate surface area is 118 Å². The van der Waals surface area contributed by atoms with Gasteiger partial charge >= 0.3 is 6.18 Å². The Hall–Kier alpha value is -1.28. The van der Waals surface area contributed by atoms with Crippen LogP contribution in [0, 0.1) is 0 Å². The third-order valence-electron chi connectivity index (χ3n) is 2.57. The van der Waals surface area contributed by atoms with Gasteiger partial charge in [0.1, 0.15) is 11.6 Å². The zero-order valence-corrected chi connectivity index (χ0v) is 12.0. The molecule has 5 nitrogen and oxygen atoms in total. The second-order valence-corrected chi connectivity index (χ2v) is 5.15. The Morgan fingerprint density at radius 2 is 2.05 bits per heavy atom. The monoisotopic (exact) mass is 313 g/mol. The minimum atomic E-state index is -4.53. The fourth-order valence-electron chi connectivity index (χ4n) is 1.25. The van der Waals surface area contributed by atoms with E-state index in [0.717, 1.165) is 6.20 Å². The number of methoxy groups -OCH3 is 1. The van der Waals surface area contributed by atoms with E-state index in [9.17, 15) is 18.0 Å². The highest BCUT2D eigenvalue weighted by Crippen LogP contribution is 2.20. The first-order valence-corrected chi connectivity index (χ1v) is 6.05. The highest BCUT2D eigenvalue weighted by molar-refractivity contribution is 6.32. The summed E-state index contributed by atoms with van der Waals surface area (Å²) in [5.74, 6) is 0. The number of rotatable bonds is 5. The van der Waals surface area contributed by atoms with Gasteiger partial charge in [0.25, 0.3) is 5.56 Å². The van der Waals surface area contributed by atoms with Gasteiger partial charge in [-0.15, -0.1) is 0 Å². The molecule has 0 unspecified atom stereocenters. The van der Waals surface area contributed by atoms with Crippen LogP contribution in [0.5, 0.6) is 0 Å². The standard InChI is InChI=1S/C11H15ClF3N3O2/c1-10(2,20-3)5-16-7-4-17-18(6-11(13,14)15)9(19)8(7)12/h4,16H,5-6H2,1-3H3.